The standard InChI is InChI=1S/C14H18ClF2NO/c1-9(2)18(8-4-7-15)14(19)12-11(16)6-5-10(3)13(12)17/h5-6,9H,4,7-8H2,1-3H3. The number of alkyl halides is 1. The van der Waals surface area contributed by atoms with E-state index in [1.807, 2.05) is 0 Å². The van der Waals surface area contributed by atoms with E-state index in [1.54, 1.807) is 13.8 Å². The molecule has 0 spiro atoms. The van der Waals surface area contributed by atoms with Gasteiger partial charge in [0.2, 0.25) is 0 Å². The molecule has 0 bridgehead atoms. The van der Waals surface area contributed by atoms with Crippen LogP contribution in [0.15, 0.2) is 12.1 Å². The van der Waals surface area contributed by atoms with Gasteiger partial charge in [-0.3, -0.25) is 4.79 Å². The molecule has 5 heteroatoms. The number of nitrogens with zero attached hydrogens (tertiary/aromatic N) is 1. The molecule has 0 aromatic heterocycles. The van der Waals surface area contributed by atoms with Gasteiger partial charge in [-0.05, 0) is 38.8 Å². The molecule has 0 unspecified atom stereocenters. The van der Waals surface area contributed by atoms with Gasteiger partial charge < -0.3 is 4.90 Å². The van der Waals surface area contributed by atoms with Crippen molar-refractivity contribution in [1.82, 2.24) is 4.90 Å². The van der Waals surface area contributed by atoms with Gasteiger partial charge in [-0.15, -0.1) is 11.6 Å². The number of halogens is 3. The van der Waals surface area contributed by atoms with Crippen LogP contribution in [-0.4, -0.2) is 29.3 Å². The highest BCUT2D eigenvalue weighted by Gasteiger charge is 2.25. The summed E-state index contributed by atoms with van der Waals surface area (Å²) in [5.41, 5.74) is -0.228. The monoisotopic (exact) mass is 289 g/mol. The molecular weight excluding hydrogens is 272 g/mol. The highest BCUT2D eigenvalue weighted by Crippen LogP contribution is 2.19. The number of hydrogen-bond donors (Lipinski definition) is 0. The third kappa shape index (κ3) is 3.66. The molecule has 1 aromatic carbocycles. The maximum atomic E-state index is 13.9. The predicted octanol–water partition coefficient (Wildman–Crippen LogP) is 3.75. The first-order chi connectivity index (χ1) is 8.90. The van der Waals surface area contributed by atoms with E-state index in [0.29, 0.717) is 18.8 Å². The highest BCUT2D eigenvalue weighted by molar-refractivity contribution is 6.17. The van der Waals surface area contributed by atoms with Crippen molar-refractivity contribution in [3.8, 4) is 0 Å². The van der Waals surface area contributed by atoms with Crippen LogP contribution in [0.1, 0.15) is 36.2 Å². The van der Waals surface area contributed by atoms with Gasteiger partial charge in [0.25, 0.3) is 5.91 Å². The fourth-order valence-electron chi connectivity index (χ4n) is 1.82. The molecule has 0 radical (unpaired) electrons. The van der Waals surface area contributed by atoms with Crippen LogP contribution in [0.5, 0.6) is 0 Å². The van der Waals surface area contributed by atoms with Crippen LogP contribution < -0.4 is 0 Å². The number of amides is 1. The summed E-state index contributed by atoms with van der Waals surface area (Å²) < 4.78 is 27.7. The van der Waals surface area contributed by atoms with Crippen LogP contribution in [0.4, 0.5) is 8.78 Å². The summed E-state index contributed by atoms with van der Waals surface area (Å²) in [6.45, 7) is 5.49. The smallest absolute Gasteiger partial charge is 0.260 e. The molecule has 1 aromatic rings. The number of hydrogen-bond acceptors (Lipinski definition) is 1. The molecule has 19 heavy (non-hydrogen) atoms. The van der Waals surface area contributed by atoms with Crippen LogP contribution in [0.2, 0.25) is 0 Å². The lowest BCUT2D eigenvalue weighted by molar-refractivity contribution is 0.0696. The zero-order valence-corrected chi connectivity index (χ0v) is 12.1. The molecule has 0 saturated heterocycles. The Morgan fingerprint density at radius 3 is 2.53 bits per heavy atom. The fourth-order valence-corrected chi connectivity index (χ4v) is 1.94. The summed E-state index contributed by atoms with van der Waals surface area (Å²) in [6.07, 6.45) is 0.584. The summed E-state index contributed by atoms with van der Waals surface area (Å²) in [7, 11) is 0. The van der Waals surface area contributed by atoms with Crippen molar-refractivity contribution in [2.24, 2.45) is 0 Å². The molecular formula is C14H18ClF2NO. The normalized spacial score (nSPS) is 10.9. The molecule has 0 atom stereocenters. The van der Waals surface area contributed by atoms with Gasteiger partial charge >= 0.3 is 0 Å². The Morgan fingerprint density at radius 1 is 1.37 bits per heavy atom. The summed E-state index contributed by atoms with van der Waals surface area (Å²) >= 11 is 5.60. The first-order valence-electron chi connectivity index (χ1n) is 6.21. The minimum Gasteiger partial charge on any atom is -0.336 e. The minimum atomic E-state index is -0.829. The van der Waals surface area contributed by atoms with Gasteiger partial charge in [-0.25, -0.2) is 8.78 Å². The van der Waals surface area contributed by atoms with Gasteiger partial charge in [0.1, 0.15) is 17.2 Å². The lowest BCUT2D eigenvalue weighted by atomic mass is 10.1. The first-order valence-corrected chi connectivity index (χ1v) is 6.75. The number of aryl methyl sites for hydroxylation is 1. The zero-order chi connectivity index (χ0) is 14.6. The molecule has 0 N–H and O–H groups in total. The van der Waals surface area contributed by atoms with Crippen LogP contribution in [0.25, 0.3) is 0 Å². The van der Waals surface area contributed by atoms with Crippen molar-refractivity contribution >= 4 is 17.5 Å². The Kier molecular flexibility index (Phi) is 5.73. The average molecular weight is 290 g/mol. The van der Waals surface area contributed by atoms with Crippen LogP contribution >= 0.6 is 11.6 Å². The topological polar surface area (TPSA) is 20.3 Å². The number of benzene rings is 1. The minimum absolute atomic E-state index is 0.143. The molecule has 106 valence electrons. The number of carbonyl (C=O) groups excluding carboxylic acids is 1. The third-order valence-electron chi connectivity index (χ3n) is 2.91. The molecule has 0 heterocycles. The van der Waals surface area contributed by atoms with Gasteiger partial charge in [0.15, 0.2) is 0 Å². The molecule has 1 amide bonds. The van der Waals surface area contributed by atoms with E-state index < -0.39 is 23.1 Å². The SMILES string of the molecule is Cc1ccc(F)c(C(=O)N(CCCCl)C(C)C)c1F. The second kappa shape index (κ2) is 6.85. The summed E-state index contributed by atoms with van der Waals surface area (Å²) in [5, 5.41) is 0. The molecule has 0 aliphatic carbocycles. The highest BCUT2D eigenvalue weighted by atomic mass is 35.5. The van der Waals surface area contributed by atoms with Crippen LogP contribution in [0, 0.1) is 18.6 Å². The second-order valence-corrected chi connectivity index (χ2v) is 5.07. The Hall–Kier alpha value is -1.16. The largest absolute Gasteiger partial charge is 0.336 e. The molecule has 0 aliphatic rings. The van der Waals surface area contributed by atoms with Crippen molar-refractivity contribution in [2.45, 2.75) is 33.2 Å². The Bertz CT molecular complexity index is 463. The van der Waals surface area contributed by atoms with Crippen LogP contribution in [0.3, 0.4) is 0 Å². The maximum Gasteiger partial charge on any atom is 0.260 e. The van der Waals surface area contributed by atoms with Crippen molar-refractivity contribution in [3.05, 3.63) is 34.9 Å². The van der Waals surface area contributed by atoms with Crippen molar-refractivity contribution in [3.63, 3.8) is 0 Å². The quantitative estimate of drug-likeness (QED) is 0.756. The fraction of sp³-hybridized carbons (Fsp3) is 0.500. The summed E-state index contributed by atoms with van der Waals surface area (Å²) in [4.78, 5) is 13.7. The van der Waals surface area contributed by atoms with Gasteiger partial charge in [0, 0.05) is 18.5 Å². The van der Waals surface area contributed by atoms with E-state index >= 15 is 0 Å². The first kappa shape index (κ1) is 15.9. The van der Waals surface area contributed by atoms with E-state index in [9.17, 15) is 13.6 Å². The van der Waals surface area contributed by atoms with E-state index in [-0.39, 0.29) is 11.6 Å². The molecule has 0 aliphatic heterocycles. The van der Waals surface area contributed by atoms with E-state index in [0.717, 1.165) is 6.07 Å². The number of carbonyl (C=O) groups is 1. The van der Waals surface area contributed by atoms with Crippen molar-refractivity contribution in [1.29, 1.82) is 0 Å². The van der Waals surface area contributed by atoms with E-state index in [4.69, 9.17) is 11.6 Å². The van der Waals surface area contributed by atoms with Crippen molar-refractivity contribution < 1.29 is 13.6 Å². The lowest BCUT2D eigenvalue weighted by Crippen LogP contribution is -2.39. The van der Waals surface area contributed by atoms with Gasteiger partial charge in [-0.2, -0.15) is 0 Å². The van der Waals surface area contributed by atoms with E-state index in [2.05, 4.69) is 0 Å². The van der Waals surface area contributed by atoms with Crippen LogP contribution in [-0.2, 0) is 0 Å². The van der Waals surface area contributed by atoms with Crippen molar-refractivity contribution in [2.75, 3.05) is 12.4 Å². The zero-order valence-electron chi connectivity index (χ0n) is 11.3. The summed E-state index contributed by atoms with van der Waals surface area (Å²) in [6, 6.07) is 2.29. The molecule has 1 rings (SSSR count). The van der Waals surface area contributed by atoms with Gasteiger partial charge in [-0.1, -0.05) is 6.07 Å². The predicted molar refractivity (Wildman–Crippen MR) is 72.6 cm³/mol. The number of rotatable bonds is 5. The maximum absolute atomic E-state index is 13.9. The third-order valence-corrected chi connectivity index (χ3v) is 3.18. The Labute approximate surface area is 117 Å². The average Bonchev–Trinajstić information content (AvgIpc) is 2.34. The molecule has 0 fully saturated rings. The van der Waals surface area contributed by atoms with Gasteiger partial charge in [0.05, 0.1) is 0 Å². The molecule has 0 saturated carbocycles. The molecule has 2 nitrogen and oxygen atoms in total. The Balaban J connectivity index is 3.13. The van der Waals surface area contributed by atoms with E-state index in [1.165, 1.54) is 17.9 Å². The summed E-state index contributed by atoms with van der Waals surface area (Å²) in [5.74, 6) is -1.85. The second-order valence-electron chi connectivity index (χ2n) is 4.69. The lowest BCUT2D eigenvalue weighted by Gasteiger charge is -2.27. The Morgan fingerprint density at radius 2 is 2.00 bits per heavy atom.